The molecule has 106 valence electrons. The number of hydrogen-bond donors (Lipinski definition) is 1. The van der Waals surface area contributed by atoms with Gasteiger partial charge in [-0.2, -0.15) is 0 Å². The number of carbonyl (C=O) groups is 1. The summed E-state index contributed by atoms with van der Waals surface area (Å²) in [6.45, 7) is 4.03. The lowest BCUT2D eigenvalue weighted by Gasteiger charge is -2.06. The fraction of sp³-hybridized carbons (Fsp3) is 0.176. The number of rotatable bonds is 3. The maximum Gasteiger partial charge on any atom is 0.274 e. The Morgan fingerprint density at radius 1 is 1.24 bits per heavy atom. The number of benzene rings is 1. The van der Waals surface area contributed by atoms with Crippen molar-refractivity contribution in [2.75, 3.05) is 5.32 Å². The van der Waals surface area contributed by atoms with E-state index in [1.807, 2.05) is 66.9 Å². The molecule has 0 unspecified atom stereocenters. The smallest absolute Gasteiger partial charge is 0.274 e. The molecule has 0 saturated carbocycles. The summed E-state index contributed by atoms with van der Waals surface area (Å²) in [7, 11) is 0. The molecule has 1 aromatic carbocycles. The summed E-state index contributed by atoms with van der Waals surface area (Å²) in [6, 6.07) is 13.4. The minimum Gasteiger partial charge on any atom is -0.321 e. The van der Waals surface area contributed by atoms with Gasteiger partial charge in [-0.25, -0.2) is 4.98 Å². The van der Waals surface area contributed by atoms with E-state index in [1.54, 1.807) is 0 Å². The summed E-state index contributed by atoms with van der Waals surface area (Å²) in [5, 5.41) is 2.93. The predicted octanol–water partition coefficient (Wildman–Crippen LogP) is 3.46. The number of amides is 1. The van der Waals surface area contributed by atoms with Crippen LogP contribution in [0.15, 0.2) is 48.7 Å². The van der Waals surface area contributed by atoms with Gasteiger partial charge in [0.25, 0.3) is 5.91 Å². The van der Waals surface area contributed by atoms with Crippen LogP contribution in [0.3, 0.4) is 0 Å². The third-order valence-electron chi connectivity index (χ3n) is 3.44. The van der Waals surface area contributed by atoms with Gasteiger partial charge in [-0.15, -0.1) is 0 Å². The molecule has 1 amide bonds. The molecule has 0 spiro atoms. The van der Waals surface area contributed by atoms with Gasteiger partial charge in [-0.1, -0.05) is 25.1 Å². The van der Waals surface area contributed by atoms with Gasteiger partial charge in [0.2, 0.25) is 0 Å². The van der Waals surface area contributed by atoms with Crippen LogP contribution in [-0.2, 0) is 6.42 Å². The summed E-state index contributed by atoms with van der Waals surface area (Å²) in [6.07, 6.45) is 2.62. The van der Waals surface area contributed by atoms with E-state index in [0.717, 1.165) is 29.0 Å². The van der Waals surface area contributed by atoms with Crippen LogP contribution >= 0.6 is 0 Å². The Hall–Kier alpha value is -2.62. The van der Waals surface area contributed by atoms with E-state index in [9.17, 15) is 4.79 Å². The molecule has 0 fully saturated rings. The molecule has 1 N–H and O–H groups in total. The van der Waals surface area contributed by atoms with Crippen molar-refractivity contribution in [1.29, 1.82) is 0 Å². The topological polar surface area (TPSA) is 46.4 Å². The molecule has 0 aliphatic heterocycles. The van der Waals surface area contributed by atoms with Gasteiger partial charge in [0.15, 0.2) is 0 Å². The molecule has 21 heavy (non-hydrogen) atoms. The van der Waals surface area contributed by atoms with Crippen molar-refractivity contribution in [3.63, 3.8) is 0 Å². The van der Waals surface area contributed by atoms with E-state index in [-0.39, 0.29) is 5.91 Å². The number of fused-ring (bicyclic) bond motifs is 1. The zero-order chi connectivity index (χ0) is 14.8. The van der Waals surface area contributed by atoms with Gasteiger partial charge < -0.3 is 5.32 Å². The maximum absolute atomic E-state index is 12.6. The number of hydrogen-bond acceptors (Lipinski definition) is 2. The summed E-state index contributed by atoms with van der Waals surface area (Å²) in [4.78, 5) is 17.1. The first kappa shape index (κ1) is 13.4. The SMILES string of the molecule is CCc1nc2cc(C)ccn2c1C(=O)Nc1ccccc1. The summed E-state index contributed by atoms with van der Waals surface area (Å²) >= 11 is 0. The number of para-hydroxylation sites is 1. The first-order valence-corrected chi connectivity index (χ1v) is 7.03. The van der Waals surface area contributed by atoms with Crippen molar-refractivity contribution in [3.8, 4) is 0 Å². The second-order valence-electron chi connectivity index (χ2n) is 5.01. The van der Waals surface area contributed by atoms with Crippen LogP contribution in [0.4, 0.5) is 5.69 Å². The van der Waals surface area contributed by atoms with Gasteiger partial charge in [0, 0.05) is 11.9 Å². The van der Waals surface area contributed by atoms with Crippen molar-refractivity contribution >= 4 is 17.2 Å². The zero-order valence-corrected chi connectivity index (χ0v) is 12.1. The van der Waals surface area contributed by atoms with Crippen LogP contribution < -0.4 is 5.32 Å². The molecule has 4 nitrogen and oxygen atoms in total. The number of aryl methyl sites for hydroxylation is 2. The lowest BCUT2D eigenvalue weighted by Crippen LogP contribution is -2.16. The second kappa shape index (κ2) is 5.40. The van der Waals surface area contributed by atoms with E-state index in [0.29, 0.717) is 5.69 Å². The number of nitrogens with one attached hydrogen (secondary N) is 1. The van der Waals surface area contributed by atoms with Gasteiger partial charge >= 0.3 is 0 Å². The molecule has 4 heteroatoms. The molecule has 0 saturated heterocycles. The van der Waals surface area contributed by atoms with Crippen molar-refractivity contribution in [2.45, 2.75) is 20.3 Å². The lowest BCUT2D eigenvalue weighted by molar-refractivity contribution is 0.102. The van der Waals surface area contributed by atoms with Crippen LogP contribution in [0.1, 0.15) is 28.7 Å². The molecule has 0 radical (unpaired) electrons. The number of aromatic nitrogens is 2. The number of nitrogens with zero attached hydrogens (tertiary/aromatic N) is 2. The van der Waals surface area contributed by atoms with Gasteiger partial charge in [0.1, 0.15) is 11.3 Å². The average molecular weight is 279 g/mol. The highest BCUT2D eigenvalue weighted by Crippen LogP contribution is 2.17. The molecule has 2 heterocycles. The third kappa shape index (κ3) is 2.52. The Kier molecular flexibility index (Phi) is 3.44. The Balaban J connectivity index is 2.04. The number of imidazole rings is 1. The molecular formula is C17H17N3O. The van der Waals surface area contributed by atoms with Gasteiger partial charge in [-0.3, -0.25) is 9.20 Å². The normalized spacial score (nSPS) is 10.8. The van der Waals surface area contributed by atoms with E-state index < -0.39 is 0 Å². The molecule has 3 aromatic rings. The Morgan fingerprint density at radius 3 is 2.71 bits per heavy atom. The van der Waals surface area contributed by atoms with Crippen LogP contribution in [0.5, 0.6) is 0 Å². The Labute approximate surface area is 123 Å². The van der Waals surface area contributed by atoms with E-state index >= 15 is 0 Å². The first-order chi connectivity index (χ1) is 10.2. The molecule has 2 aromatic heterocycles. The molecule has 0 atom stereocenters. The van der Waals surface area contributed by atoms with Crippen molar-refractivity contribution < 1.29 is 4.79 Å². The quantitative estimate of drug-likeness (QED) is 0.798. The maximum atomic E-state index is 12.6. The molecule has 0 bridgehead atoms. The van der Waals surface area contributed by atoms with Crippen LogP contribution in [0, 0.1) is 6.92 Å². The second-order valence-corrected chi connectivity index (χ2v) is 5.01. The predicted molar refractivity (Wildman–Crippen MR) is 83.7 cm³/mol. The highest BCUT2D eigenvalue weighted by Gasteiger charge is 2.18. The van der Waals surface area contributed by atoms with Crippen molar-refractivity contribution in [1.82, 2.24) is 9.38 Å². The Morgan fingerprint density at radius 2 is 2.00 bits per heavy atom. The monoisotopic (exact) mass is 279 g/mol. The Bertz CT molecular complexity index is 790. The third-order valence-corrected chi connectivity index (χ3v) is 3.44. The fourth-order valence-electron chi connectivity index (χ4n) is 2.39. The average Bonchev–Trinajstić information content (AvgIpc) is 2.85. The van der Waals surface area contributed by atoms with E-state index in [1.165, 1.54) is 0 Å². The van der Waals surface area contributed by atoms with Crippen LogP contribution in [-0.4, -0.2) is 15.3 Å². The first-order valence-electron chi connectivity index (χ1n) is 7.03. The minimum absolute atomic E-state index is 0.130. The van der Waals surface area contributed by atoms with E-state index in [4.69, 9.17) is 0 Å². The molecular weight excluding hydrogens is 262 g/mol. The number of carbonyl (C=O) groups excluding carboxylic acids is 1. The summed E-state index contributed by atoms with van der Waals surface area (Å²) < 4.78 is 1.85. The van der Waals surface area contributed by atoms with Crippen LogP contribution in [0.2, 0.25) is 0 Å². The largest absolute Gasteiger partial charge is 0.321 e. The highest BCUT2D eigenvalue weighted by atomic mass is 16.2. The van der Waals surface area contributed by atoms with Gasteiger partial charge in [0.05, 0.1) is 5.69 Å². The molecule has 0 aliphatic carbocycles. The lowest BCUT2D eigenvalue weighted by atomic mass is 10.2. The molecule has 0 aliphatic rings. The standard InChI is InChI=1S/C17H17N3O/c1-3-14-16(17(21)18-13-7-5-4-6-8-13)20-10-9-12(2)11-15(20)19-14/h4-11H,3H2,1-2H3,(H,18,21). The summed E-state index contributed by atoms with van der Waals surface area (Å²) in [5.74, 6) is -0.130. The summed E-state index contributed by atoms with van der Waals surface area (Å²) in [5.41, 5.74) is 4.15. The zero-order valence-electron chi connectivity index (χ0n) is 12.1. The van der Waals surface area contributed by atoms with Crippen LogP contribution in [0.25, 0.3) is 5.65 Å². The minimum atomic E-state index is -0.130. The van der Waals surface area contributed by atoms with Crippen molar-refractivity contribution in [3.05, 3.63) is 65.6 Å². The van der Waals surface area contributed by atoms with Gasteiger partial charge in [-0.05, 0) is 43.2 Å². The fourth-order valence-corrected chi connectivity index (χ4v) is 2.39. The van der Waals surface area contributed by atoms with Crippen molar-refractivity contribution in [2.24, 2.45) is 0 Å². The number of anilines is 1. The number of pyridine rings is 1. The van der Waals surface area contributed by atoms with E-state index in [2.05, 4.69) is 10.3 Å². The highest BCUT2D eigenvalue weighted by molar-refractivity contribution is 6.04. The molecule has 3 rings (SSSR count).